The number of ether oxygens (including phenoxy) is 2. The monoisotopic (exact) mass is 546 g/mol. The van der Waals surface area contributed by atoms with E-state index in [9.17, 15) is 4.79 Å². The number of benzene rings is 3. The van der Waals surface area contributed by atoms with E-state index in [1.54, 1.807) is 0 Å². The summed E-state index contributed by atoms with van der Waals surface area (Å²) in [6.45, 7) is 5.14. The van der Waals surface area contributed by atoms with Crippen molar-refractivity contribution in [1.29, 1.82) is 0 Å². The van der Waals surface area contributed by atoms with Gasteiger partial charge in [-0.25, -0.2) is 0 Å². The lowest BCUT2D eigenvalue weighted by molar-refractivity contribution is -0.118. The highest BCUT2D eigenvalue weighted by Crippen LogP contribution is 2.35. The first kappa shape index (κ1) is 23.2. The number of hydrogen-bond acceptors (Lipinski definition) is 4. The molecule has 31 heavy (non-hydrogen) atoms. The van der Waals surface area contributed by atoms with E-state index >= 15 is 0 Å². The van der Waals surface area contributed by atoms with Gasteiger partial charge in [0.1, 0.15) is 11.5 Å². The van der Waals surface area contributed by atoms with Crippen LogP contribution in [0.1, 0.15) is 18.1 Å². The van der Waals surface area contributed by atoms with Crippen molar-refractivity contribution in [2.45, 2.75) is 20.4 Å². The average molecular weight is 548 g/mol. The van der Waals surface area contributed by atoms with Gasteiger partial charge in [-0.3, -0.25) is 4.79 Å². The van der Waals surface area contributed by atoms with Crippen LogP contribution in [-0.2, 0) is 11.3 Å². The minimum atomic E-state index is -0.217. The highest BCUT2D eigenvalue weighted by Gasteiger charge is 2.12. The third-order valence-corrected chi connectivity index (χ3v) is 5.55. The van der Waals surface area contributed by atoms with E-state index in [-0.39, 0.29) is 12.5 Å². The number of carbonyl (C=O) groups excluding carboxylic acids is 1. The second kappa shape index (κ2) is 11.2. The van der Waals surface area contributed by atoms with Crippen molar-refractivity contribution < 1.29 is 14.3 Å². The standard InChI is InChI=1S/C24H24Br2N2O3/c1-3-30-20-9-7-18(8-10-20)27-14-17-12-21(25)24(22(26)13-17)31-15-23(29)28-19-6-4-5-16(2)11-19/h4-13,27H,3,14-15H2,1-2H3,(H,28,29). The van der Waals surface area contributed by atoms with Crippen LogP contribution in [-0.4, -0.2) is 19.1 Å². The number of halogens is 2. The fraction of sp³-hybridized carbons (Fsp3) is 0.208. The Balaban J connectivity index is 1.56. The van der Waals surface area contributed by atoms with Gasteiger partial charge in [0.2, 0.25) is 0 Å². The quantitative estimate of drug-likeness (QED) is 0.319. The van der Waals surface area contributed by atoms with E-state index in [1.807, 2.05) is 74.5 Å². The van der Waals surface area contributed by atoms with E-state index in [0.717, 1.165) is 37.2 Å². The summed E-state index contributed by atoms with van der Waals surface area (Å²) >= 11 is 7.09. The zero-order valence-corrected chi connectivity index (χ0v) is 20.5. The van der Waals surface area contributed by atoms with Gasteiger partial charge in [0, 0.05) is 17.9 Å². The van der Waals surface area contributed by atoms with Crippen molar-refractivity contribution in [3.63, 3.8) is 0 Å². The van der Waals surface area contributed by atoms with Crippen LogP contribution in [0.15, 0.2) is 69.6 Å². The SMILES string of the molecule is CCOc1ccc(NCc2cc(Br)c(OCC(=O)Nc3cccc(C)c3)c(Br)c2)cc1. The molecule has 0 unspecified atom stereocenters. The minimum Gasteiger partial charge on any atom is -0.494 e. The molecule has 162 valence electrons. The van der Waals surface area contributed by atoms with Gasteiger partial charge in [-0.05, 0) is 105 Å². The first-order valence-electron chi connectivity index (χ1n) is 9.88. The average Bonchev–Trinajstić information content (AvgIpc) is 2.73. The predicted octanol–water partition coefficient (Wildman–Crippen LogP) is 6.55. The Kier molecular flexibility index (Phi) is 8.37. The summed E-state index contributed by atoms with van der Waals surface area (Å²) in [5.41, 5.74) is 3.90. The second-order valence-electron chi connectivity index (χ2n) is 6.91. The van der Waals surface area contributed by atoms with Crippen LogP contribution in [0.4, 0.5) is 11.4 Å². The molecule has 0 saturated heterocycles. The van der Waals surface area contributed by atoms with Gasteiger partial charge in [0.25, 0.3) is 5.91 Å². The summed E-state index contributed by atoms with van der Waals surface area (Å²) in [7, 11) is 0. The maximum Gasteiger partial charge on any atom is 0.262 e. The first-order chi connectivity index (χ1) is 14.9. The zero-order chi connectivity index (χ0) is 22.2. The Hall–Kier alpha value is -2.51. The number of nitrogens with one attached hydrogen (secondary N) is 2. The molecular formula is C24H24Br2N2O3. The second-order valence-corrected chi connectivity index (χ2v) is 8.61. The summed E-state index contributed by atoms with van der Waals surface area (Å²) in [4.78, 5) is 12.2. The predicted molar refractivity (Wildman–Crippen MR) is 132 cm³/mol. The van der Waals surface area contributed by atoms with Crippen LogP contribution >= 0.6 is 31.9 Å². The molecule has 0 aliphatic carbocycles. The highest BCUT2D eigenvalue weighted by molar-refractivity contribution is 9.11. The molecule has 0 heterocycles. The number of carbonyl (C=O) groups is 1. The summed E-state index contributed by atoms with van der Waals surface area (Å²) in [6, 6.07) is 19.4. The molecule has 0 fully saturated rings. The molecule has 5 nitrogen and oxygen atoms in total. The van der Waals surface area contributed by atoms with Gasteiger partial charge in [-0.15, -0.1) is 0 Å². The smallest absolute Gasteiger partial charge is 0.262 e. The number of amides is 1. The molecule has 3 aromatic carbocycles. The van der Waals surface area contributed by atoms with Gasteiger partial charge in [-0.1, -0.05) is 12.1 Å². The van der Waals surface area contributed by atoms with Crippen molar-refractivity contribution in [2.24, 2.45) is 0 Å². The molecular weight excluding hydrogens is 524 g/mol. The van der Waals surface area contributed by atoms with Crippen LogP contribution in [0, 0.1) is 6.92 Å². The van der Waals surface area contributed by atoms with Crippen molar-refractivity contribution in [2.75, 3.05) is 23.8 Å². The topological polar surface area (TPSA) is 59.6 Å². The maximum atomic E-state index is 12.2. The summed E-state index contributed by atoms with van der Waals surface area (Å²) in [5, 5.41) is 6.22. The Bertz CT molecular complexity index is 1020. The molecule has 0 radical (unpaired) electrons. The van der Waals surface area contributed by atoms with Crippen LogP contribution in [0.2, 0.25) is 0 Å². The van der Waals surface area contributed by atoms with Gasteiger partial charge in [0.05, 0.1) is 15.6 Å². The van der Waals surface area contributed by atoms with E-state index in [0.29, 0.717) is 18.9 Å². The molecule has 3 rings (SSSR count). The lowest BCUT2D eigenvalue weighted by Crippen LogP contribution is -2.20. The number of hydrogen-bond donors (Lipinski definition) is 2. The van der Waals surface area contributed by atoms with Crippen molar-refractivity contribution in [3.8, 4) is 11.5 Å². The number of rotatable bonds is 9. The van der Waals surface area contributed by atoms with E-state index in [1.165, 1.54) is 0 Å². The molecule has 0 saturated carbocycles. The van der Waals surface area contributed by atoms with Gasteiger partial charge in [-0.2, -0.15) is 0 Å². The number of anilines is 2. The maximum absolute atomic E-state index is 12.2. The van der Waals surface area contributed by atoms with Crippen LogP contribution in [0.25, 0.3) is 0 Å². The van der Waals surface area contributed by atoms with Crippen LogP contribution in [0.3, 0.4) is 0 Å². The van der Waals surface area contributed by atoms with Gasteiger partial charge in [0.15, 0.2) is 6.61 Å². The van der Waals surface area contributed by atoms with E-state index in [4.69, 9.17) is 9.47 Å². The third-order valence-electron chi connectivity index (χ3n) is 4.37. The number of aryl methyl sites for hydroxylation is 1. The molecule has 0 aliphatic heterocycles. The van der Waals surface area contributed by atoms with Crippen molar-refractivity contribution >= 4 is 49.1 Å². The Morgan fingerprint density at radius 3 is 2.29 bits per heavy atom. The molecule has 2 N–H and O–H groups in total. The molecule has 3 aromatic rings. The normalized spacial score (nSPS) is 10.5. The van der Waals surface area contributed by atoms with Crippen LogP contribution < -0.4 is 20.1 Å². The molecule has 7 heteroatoms. The van der Waals surface area contributed by atoms with E-state index in [2.05, 4.69) is 42.5 Å². The first-order valence-corrected chi connectivity index (χ1v) is 11.5. The third kappa shape index (κ3) is 7.01. The summed E-state index contributed by atoms with van der Waals surface area (Å²) in [6.07, 6.45) is 0. The fourth-order valence-electron chi connectivity index (χ4n) is 2.95. The summed E-state index contributed by atoms with van der Waals surface area (Å²) < 4.78 is 12.8. The zero-order valence-electron chi connectivity index (χ0n) is 17.4. The molecule has 1 amide bonds. The Morgan fingerprint density at radius 2 is 1.65 bits per heavy atom. The lowest BCUT2D eigenvalue weighted by Gasteiger charge is -2.14. The molecule has 0 atom stereocenters. The summed E-state index contributed by atoms with van der Waals surface area (Å²) in [5.74, 6) is 1.22. The van der Waals surface area contributed by atoms with E-state index < -0.39 is 0 Å². The Morgan fingerprint density at radius 1 is 0.935 bits per heavy atom. The largest absolute Gasteiger partial charge is 0.494 e. The molecule has 0 bridgehead atoms. The van der Waals surface area contributed by atoms with Crippen LogP contribution in [0.5, 0.6) is 11.5 Å². The van der Waals surface area contributed by atoms with Gasteiger partial charge >= 0.3 is 0 Å². The van der Waals surface area contributed by atoms with Crippen molar-refractivity contribution in [3.05, 3.63) is 80.7 Å². The fourth-order valence-corrected chi connectivity index (χ4v) is 4.46. The minimum absolute atomic E-state index is 0.0884. The Labute approximate surface area is 199 Å². The highest BCUT2D eigenvalue weighted by atomic mass is 79.9. The molecule has 0 spiro atoms. The van der Waals surface area contributed by atoms with Crippen molar-refractivity contribution in [1.82, 2.24) is 0 Å². The lowest BCUT2D eigenvalue weighted by atomic mass is 10.2. The molecule has 0 aromatic heterocycles. The molecule has 0 aliphatic rings. The van der Waals surface area contributed by atoms with Gasteiger partial charge < -0.3 is 20.1 Å².